The zero-order valence-corrected chi connectivity index (χ0v) is 50.0. The van der Waals surface area contributed by atoms with Crippen molar-refractivity contribution in [3.63, 3.8) is 0 Å². The van der Waals surface area contributed by atoms with Crippen molar-refractivity contribution in [3.05, 3.63) is 69.9 Å². The number of allylic oxidation sites excluding steroid dienone is 12. The molecule has 416 valence electrons. The van der Waals surface area contributed by atoms with E-state index in [2.05, 4.69) is 120 Å². The monoisotopic (exact) mass is 1010 g/mol. The lowest BCUT2D eigenvalue weighted by atomic mass is 9.66. The number of aliphatic hydroxyl groups is 2. The molecule has 4 rings (SSSR count). The third kappa shape index (κ3) is 23.7. The molecule has 0 fully saturated rings. The Morgan fingerprint density at radius 1 is 0.528 bits per heavy atom. The second kappa shape index (κ2) is 31.1. The summed E-state index contributed by atoms with van der Waals surface area (Å²) in [7, 11) is 0. The fourth-order valence-corrected chi connectivity index (χ4v) is 10.4. The van der Waals surface area contributed by atoms with Gasteiger partial charge in [0, 0.05) is 21.7 Å². The Balaban J connectivity index is -0.000000434. The number of Topliss-reactive ketones (excluding diaryl/α,β-unsaturated/α-hetero) is 4. The van der Waals surface area contributed by atoms with E-state index in [1.54, 1.807) is 27.7 Å². The van der Waals surface area contributed by atoms with E-state index in [1.807, 2.05) is 27.7 Å². The molecule has 0 radical (unpaired) electrons. The van der Waals surface area contributed by atoms with E-state index in [9.17, 15) is 29.4 Å². The maximum atomic E-state index is 11.7. The first kappa shape index (κ1) is 71.0. The number of carbonyl (C=O) groups is 4. The van der Waals surface area contributed by atoms with E-state index >= 15 is 0 Å². The Hall–Kier alpha value is -3.04. The summed E-state index contributed by atoms with van der Waals surface area (Å²) < 4.78 is 0. The second-order valence-corrected chi connectivity index (χ2v) is 25.4. The average molecular weight is 1010 g/mol. The Bertz CT molecular complexity index is 1900. The Morgan fingerprint density at radius 3 is 1.10 bits per heavy atom. The normalized spacial score (nSPS) is 28.0. The largest absolute Gasteiger partial charge is 1.00 e. The molecule has 6 N–H and O–H groups in total. The maximum absolute atomic E-state index is 11.7. The molecule has 0 saturated heterocycles. The van der Waals surface area contributed by atoms with Gasteiger partial charge in [0.1, 0.15) is 23.1 Å². The molecule has 0 unspecified atom stereocenters. The fourth-order valence-electron chi connectivity index (χ4n) is 10.4. The van der Waals surface area contributed by atoms with Crippen LogP contribution in [0, 0.1) is 45.3 Å². The van der Waals surface area contributed by atoms with Gasteiger partial charge in [-0.3, -0.25) is 19.2 Å². The standard InChI is InChI=1S/2C16H28O2.2C16H26O.2H2O/c2*1-12-11-14(7-6-9-15(3,4)18)8-10-16(12,5)13(2)17;2*1-12(2)7-6-8-15-9-10-16(5,14(4)17)13(3)11-15;;/h11-12,18H,6-10H2,1-5H3;8,12,18H,6-7,9-11H2,1-5H3;7,11,13H,6,8-10H2,1-5H3;7,9,13H,6,8,10-11H2,1-5H3;2*1H2/p+2/t2*12-,16-;2*13-,16-;;/m1111../s1. The number of hydrogen-bond acceptors (Lipinski definition) is 6. The molecular formula is C64H114O8+2. The van der Waals surface area contributed by atoms with Gasteiger partial charge in [-0.15, -0.1) is 0 Å². The molecule has 0 amide bonds. The minimum atomic E-state index is -0.561. The quantitative estimate of drug-likeness (QED) is 0.129. The van der Waals surface area contributed by atoms with Crippen LogP contribution in [-0.2, 0) is 19.2 Å². The topological polar surface area (TPSA) is 172 Å². The van der Waals surface area contributed by atoms with Crippen molar-refractivity contribution in [2.75, 3.05) is 0 Å². The predicted octanol–water partition coefficient (Wildman–Crippen LogP) is 15.7. The Labute approximate surface area is 445 Å². The van der Waals surface area contributed by atoms with Crippen molar-refractivity contribution in [2.45, 2.75) is 265 Å². The molecule has 8 heteroatoms. The SMILES string of the molecule is CC(=O)[C@]1(C)CC=C(CCC=C(C)C)C[C@H]1C.CC(=O)[C@]1(C)CC=C(CCCC(C)(C)O)C[C@H]1C.CC(=O)[C@]1(C)CCC(CCC=C(C)C)=C[C@H]1C.CC(=O)[C@]1(C)CCC(CCCC(C)(C)O)=C[C@H]1C.O.O.[H+].[H+]. The fraction of sp³-hybridized carbons (Fsp3) is 0.750. The van der Waals surface area contributed by atoms with Crippen LogP contribution in [0.1, 0.15) is 257 Å². The van der Waals surface area contributed by atoms with Gasteiger partial charge in [0.05, 0.1) is 11.2 Å². The first-order valence-electron chi connectivity index (χ1n) is 27.5. The molecule has 4 aliphatic carbocycles. The highest BCUT2D eigenvalue weighted by atomic mass is 16.3. The van der Waals surface area contributed by atoms with Gasteiger partial charge < -0.3 is 21.2 Å². The molecule has 0 heterocycles. The van der Waals surface area contributed by atoms with Crippen LogP contribution in [-0.4, -0.2) is 55.5 Å². The Kier molecular flexibility index (Phi) is 30.7. The molecule has 8 nitrogen and oxygen atoms in total. The number of carbonyl (C=O) groups excluding carboxylic acids is 4. The van der Waals surface area contributed by atoms with E-state index in [-0.39, 0.29) is 35.5 Å². The lowest BCUT2D eigenvalue weighted by molar-refractivity contribution is -0.129. The van der Waals surface area contributed by atoms with Crippen LogP contribution in [0.15, 0.2) is 69.9 Å². The van der Waals surface area contributed by atoms with Gasteiger partial charge in [0.2, 0.25) is 0 Å². The van der Waals surface area contributed by atoms with Gasteiger partial charge >= 0.3 is 2.85 Å². The van der Waals surface area contributed by atoms with Gasteiger partial charge in [-0.1, -0.05) is 125 Å². The minimum Gasteiger partial charge on any atom is -0.412 e. The van der Waals surface area contributed by atoms with Crippen LogP contribution < -0.4 is 0 Å². The van der Waals surface area contributed by atoms with Crippen LogP contribution in [0.4, 0.5) is 0 Å². The smallest absolute Gasteiger partial charge is 0.412 e. The molecule has 4 aliphatic rings. The van der Waals surface area contributed by atoms with Gasteiger partial charge in [-0.25, -0.2) is 0 Å². The zero-order chi connectivity index (χ0) is 54.1. The molecule has 72 heavy (non-hydrogen) atoms. The predicted molar refractivity (Wildman–Crippen MR) is 308 cm³/mol. The van der Waals surface area contributed by atoms with Crippen LogP contribution in [0.25, 0.3) is 0 Å². The first-order valence-corrected chi connectivity index (χ1v) is 27.5. The van der Waals surface area contributed by atoms with Crippen molar-refractivity contribution in [1.82, 2.24) is 0 Å². The van der Waals surface area contributed by atoms with E-state index < -0.39 is 11.2 Å². The molecule has 0 aromatic carbocycles. The van der Waals surface area contributed by atoms with E-state index in [0.717, 1.165) is 116 Å². The number of rotatable bonds is 18. The lowest BCUT2D eigenvalue weighted by Crippen LogP contribution is -2.35. The van der Waals surface area contributed by atoms with Crippen molar-refractivity contribution >= 4 is 23.1 Å². The molecule has 0 aliphatic heterocycles. The number of hydrogen-bond donors (Lipinski definition) is 2. The van der Waals surface area contributed by atoms with Crippen LogP contribution in [0.3, 0.4) is 0 Å². The molecule has 0 aromatic heterocycles. The van der Waals surface area contributed by atoms with Gasteiger partial charge in [0.15, 0.2) is 0 Å². The summed E-state index contributed by atoms with van der Waals surface area (Å²) in [6, 6.07) is 0. The molecule has 8 atom stereocenters. The summed E-state index contributed by atoms with van der Waals surface area (Å²) in [6.45, 7) is 40.0. The summed E-state index contributed by atoms with van der Waals surface area (Å²) in [6.07, 6.45) is 32.2. The highest BCUT2D eigenvalue weighted by Gasteiger charge is 2.40. The summed E-state index contributed by atoms with van der Waals surface area (Å²) in [5.74, 6) is 2.91. The van der Waals surface area contributed by atoms with E-state index in [0.29, 0.717) is 46.8 Å². The average Bonchev–Trinajstić information content (AvgIpc) is 3.22. The minimum absolute atomic E-state index is 0. The zero-order valence-electron chi connectivity index (χ0n) is 52.0. The van der Waals surface area contributed by atoms with Crippen molar-refractivity contribution in [3.8, 4) is 0 Å². The first-order chi connectivity index (χ1) is 32.0. The van der Waals surface area contributed by atoms with Crippen LogP contribution >= 0.6 is 0 Å². The molecular weight excluding hydrogens is 897 g/mol. The van der Waals surface area contributed by atoms with Gasteiger partial charge in [-0.05, 0) is 222 Å². The summed E-state index contributed by atoms with van der Waals surface area (Å²) in [5.41, 5.74) is 7.08. The molecule has 0 saturated carbocycles. The van der Waals surface area contributed by atoms with Gasteiger partial charge in [-0.2, -0.15) is 0 Å². The molecule has 0 bridgehead atoms. The van der Waals surface area contributed by atoms with Crippen LogP contribution in [0.5, 0.6) is 0 Å². The van der Waals surface area contributed by atoms with Crippen molar-refractivity contribution < 1.29 is 43.2 Å². The molecule has 0 aromatic rings. The third-order valence-corrected chi connectivity index (χ3v) is 17.7. The summed E-state index contributed by atoms with van der Waals surface area (Å²) >= 11 is 0. The van der Waals surface area contributed by atoms with Crippen molar-refractivity contribution in [2.24, 2.45) is 45.3 Å². The highest BCUT2D eigenvalue weighted by Crippen LogP contribution is 2.45. The van der Waals surface area contributed by atoms with E-state index in [4.69, 9.17) is 0 Å². The van der Waals surface area contributed by atoms with Crippen LogP contribution in [0.2, 0.25) is 0 Å². The third-order valence-electron chi connectivity index (χ3n) is 17.7. The molecule has 0 spiro atoms. The second-order valence-electron chi connectivity index (χ2n) is 25.4. The van der Waals surface area contributed by atoms with E-state index in [1.165, 1.54) is 33.4 Å². The number of ketones is 4. The van der Waals surface area contributed by atoms with Gasteiger partial charge in [0.25, 0.3) is 0 Å². The summed E-state index contributed by atoms with van der Waals surface area (Å²) in [5, 5.41) is 19.4. The highest BCUT2D eigenvalue weighted by molar-refractivity contribution is 5.84. The maximum Gasteiger partial charge on any atom is 1.00 e. The summed E-state index contributed by atoms with van der Waals surface area (Å²) in [4.78, 5) is 46.8. The Morgan fingerprint density at radius 2 is 0.819 bits per heavy atom. The lowest BCUT2D eigenvalue weighted by Gasteiger charge is -2.37. The van der Waals surface area contributed by atoms with Crippen molar-refractivity contribution in [1.29, 1.82) is 0 Å².